The van der Waals surface area contributed by atoms with Crippen LogP contribution >= 0.6 is 11.6 Å². The molecule has 1 aromatic carbocycles. The van der Waals surface area contributed by atoms with Gasteiger partial charge in [-0.1, -0.05) is 23.7 Å². The number of aromatic nitrogens is 1. The highest BCUT2D eigenvalue weighted by molar-refractivity contribution is 6.33. The number of halogens is 1. The van der Waals surface area contributed by atoms with E-state index in [2.05, 4.69) is 4.98 Å². The Balaban J connectivity index is 2.60. The Hall–Kier alpha value is -1.28. The number of oxazole rings is 1. The molecule has 0 atom stereocenters. The summed E-state index contributed by atoms with van der Waals surface area (Å²) in [5.41, 5.74) is 1.77. The fourth-order valence-electron chi connectivity index (χ4n) is 1.43. The van der Waals surface area contributed by atoms with E-state index in [1.54, 1.807) is 0 Å². The minimum absolute atomic E-state index is 0.664. The molecule has 2 nitrogen and oxygen atoms in total. The molecule has 0 fully saturated rings. The standard InChI is InChI=1S/C11H10ClNO/c1-7-11(14-8(2)13-7)9-5-3-4-6-10(9)12/h3-6H,1-2H3. The third-order valence-corrected chi connectivity index (χ3v) is 2.35. The molecule has 0 amide bonds. The van der Waals surface area contributed by atoms with Crippen LogP contribution in [0, 0.1) is 13.8 Å². The molecule has 0 radical (unpaired) electrons. The van der Waals surface area contributed by atoms with Crippen molar-refractivity contribution in [3.63, 3.8) is 0 Å². The highest BCUT2D eigenvalue weighted by Gasteiger charge is 2.11. The minimum Gasteiger partial charge on any atom is -0.441 e. The maximum absolute atomic E-state index is 6.05. The Morgan fingerprint density at radius 3 is 2.50 bits per heavy atom. The van der Waals surface area contributed by atoms with Gasteiger partial charge in [0.2, 0.25) is 0 Å². The molecule has 0 saturated heterocycles. The van der Waals surface area contributed by atoms with Crippen LogP contribution in [-0.4, -0.2) is 4.98 Å². The summed E-state index contributed by atoms with van der Waals surface area (Å²) in [5, 5.41) is 0.687. The van der Waals surface area contributed by atoms with Crippen LogP contribution in [0.25, 0.3) is 11.3 Å². The molecule has 0 saturated carbocycles. The lowest BCUT2D eigenvalue weighted by Gasteiger charge is -1.99. The fourth-order valence-corrected chi connectivity index (χ4v) is 1.65. The maximum atomic E-state index is 6.05. The van der Waals surface area contributed by atoms with Crippen molar-refractivity contribution in [2.24, 2.45) is 0 Å². The summed E-state index contributed by atoms with van der Waals surface area (Å²) in [6.45, 7) is 3.74. The van der Waals surface area contributed by atoms with Crippen molar-refractivity contribution in [2.75, 3.05) is 0 Å². The normalized spacial score (nSPS) is 10.5. The number of hydrogen-bond donors (Lipinski definition) is 0. The van der Waals surface area contributed by atoms with Crippen LogP contribution in [0.5, 0.6) is 0 Å². The largest absolute Gasteiger partial charge is 0.441 e. The summed E-state index contributed by atoms with van der Waals surface area (Å²) < 4.78 is 5.49. The Labute approximate surface area is 87.5 Å². The van der Waals surface area contributed by atoms with Gasteiger partial charge in [-0.15, -0.1) is 0 Å². The van der Waals surface area contributed by atoms with Crippen LogP contribution in [0.15, 0.2) is 28.7 Å². The van der Waals surface area contributed by atoms with E-state index in [1.807, 2.05) is 38.1 Å². The van der Waals surface area contributed by atoms with E-state index >= 15 is 0 Å². The highest BCUT2D eigenvalue weighted by Crippen LogP contribution is 2.30. The predicted octanol–water partition coefficient (Wildman–Crippen LogP) is 3.61. The topological polar surface area (TPSA) is 26.0 Å². The Kier molecular flexibility index (Phi) is 2.30. The number of rotatable bonds is 1. The van der Waals surface area contributed by atoms with Gasteiger partial charge in [0.1, 0.15) is 0 Å². The van der Waals surface area contributed by atoms with Crippen molar-refractivity contribution < 1.29 is 4.42 Å². The van der Waals surface area contributed by atoms with Crippen molar-refractivity contribution in [2.45, 2.75) is 13.8 Å². The lowest BCUT2D eigenvalue weighted by molar-refractivity contribution is 0.534. The lowest BCUT2D eigenvalue weighted by Crippen LogP contribution is -1.79. The van der Waals surface area contributed by atoms with E-state index in [4.69, 9.17) is 16.0 Å². The van der Waals surface area contributed by atoms with E-state index in [0.29, 0.717) is 10.9 Å². The molecule has 14 heavy (non-hydrogen) atoms. The van der Waals surface area contributed by atoms with Gasteiger partial charge in [-0.2, -0.15) is 0 Å². The zero-order chi connectivity index (χ0) is 10.1. The molecule has 2 aromatic rings. The van der Waals surface area contributed by atoms with Crippen molar-refractivity contribution in [1.29, 1.82) is 0 Å². The van der Waals surface area contributed by atoms with E-state index in [1.165, 1.54) is 0 Å². The van der Waals surface area contributed by atoms with Crippen molar-refractivity contribution in [3.8, 4) is 11.3 Å². The molecule has 0 N–H and O–H groups in total. The smallest absolute Gasteiger partial charge is 0.192 e. The maximum Gasteiger partial charge on any atom is 0.192 e. The molecule has 1 heterocycles. The number of benzene rings is 1. The van der Waals surface area contributed by atoms with Gasteiger partial charge in [0.15, 0.2) is 11.7 Å². The zero-order valence-electron chi connectivity index (χ0n) is 8.04. The zero-order valence-corrected chi connectivity index (χ0v) is 8.80. The molecule has 0 aliphatic rings. The summed E-state index contributed by atoms with van der Waals surface area (Å²) in [5.74, 6) is 1.42. The summed E-state index contributed by atoms with van der Waals surface area (Å²) >= 11 is 6.05. The monoisotopic (exact) mass is 207 g/mol. The quantitative estimate of drug-likeness (QED) is 0.714. The fraction of sp³-hybridized carbons (Fsp3) is 0.182. The molecular weight excluding hydrogens is 198 g/mol. The van der Waals surface area contributed by atoms with Crippen LogP contribution < -0.4 is 0 Å². The van der Waals surface area contributed by atoms with E-state index in [9.17, 15) is 0 Å². The van der Waals surface area contributed by atoms with Gasteiger partial charge in [0.05, 0.1) is 10.7 Å². The SMILES string of the molecule is Cc1nc(C)c(-c2ccccc2Cl)o1. The van der Waals surface area contributed by atoms with Gasteiger partial charge < -0.3 is 4.42 Å². The van der Waals surface area contributed by atoms with Crippen LogP contribution in [-0.2, 0) is 0 Å². The third kappa shape index (κ3) is 1.53. The van der Waals surface area contributed by atoms with Gasteiger partial charge in [-0.05, 0) is 19.1 Å². The first-order valence-electron chi connectivity index (χ1n) is 4.37. The Morgan fingerprint density at radius 2 is 1.93 bits per heavy atom. The second-order valence-corrected chi connectivity index (χ2v) is 3.53. The van der Waals surface area contributed by atoms with Crippen LogP contribution in [0.2, 0.25) is 5.02 Å². The third-order valence-electron chi connectivity index (χ3n) is 2.02. The molecule has 0 bridgehead atoms. The Bertz CT molecular complexity index is 462. The molecule has 3 heteroatoms. The first-order valence-corrected chi connectivity index (χ1v) is 4.75. The highest BCUT2D eigenvalue weighted by atomic mass is 35.5. The van der Waals surface area contributed by atoms with Crippen molar-refractivity contribution in [1.82, 2.24) is 4.98 Å². The van der Waals surface area contributed by atoms with Gasteiger partial charge in [0, 0.05) is 12.5 Å². The summed E-state index contributed by atoms with van der Waals surface area (Å²) in [4.78, 5) is 4.20. The average Bonchev–Trinajstić information content (AvgIpc) is 2.46. The van der Waals surface area contributed by atoms with E-state index < -0.39 is 0 Å². The van der Waals surface area contributed by atoms with Crippen LogP contribution in [0.4, 0.5) is 0 Å². The minimum atomic E-state index is 0.664. The summed E-state index contributed by atoms with van der Waals surface area (Å²) in [7, 11) is 0. The number of aryl methyl sites for hydroxylation is 2. The lowest BCUT2D eigenvalue weighted by atomic mass is 10.1. The number of nitrogens with zero attached hydrogens (tertiary/aromatic N) is 1. The van der Waals surface area contributed by atoms with Crippen LogP contribution in [0.1, 0.15) is 11.6 Å². The first kappa shape index (κ1) is 9.28. The first-order chi connectivity index (χ1) is 6.68. The van der Waals surface area contributed by atoms with E-state index in [-0.39, 0.29) is 0 Å². The van der Waals surface area contributed by atoms with Gasteiger partial charge in [-0.3, -0.25) is 0 Å². The Morgan fingerprint density at radius 1 is 1.21 bits per heavy atom. The van der Waals surface area contributed by atoms with E-state index in [0.717, 1.165) is 17.0 Å². The summed E-state index contributed by atoms with van der Waals surface area (Å²) in [6.07, 6.45) is 0. The summed E-state index contributed by atoms with van der Waals surface area (Å²) in [6, 6.07) is 7.59. The van der Waals surface area contributed by atoms with Crippen molar-refractivity contribution in [3.05, 3.63) is 40.9 Å². The van der Waals surface area contributed by atoms with Crippen LogP contribution in [0.3, 0.4) is 0 Å². The second kappa shape index (κ2) is 3.46. The molecule has 0 unspecified atom stereocenters. The average molecular weight is 208 g/mol. The molecule has 0 aliphatic heterocycles. The predicted molar refractivity (Wildman–Crippen MR) is 56.4 cm³/mol. The molecule has 2 rings (SSSR count). The van der Waals surface area contributed by atoms with Gasteiger partial charge >= 0.3 is 0 Å². The molecule has 0 spiro atoms. The number of hydrogen-bond acceptors (Lipinski definition) is 2. The second-order valence-electron chi connectivity index (χ2n) is 3.13. The molecule has 0 aliphatic carbocycles. The molecule has 72 valence electrons. The molecular formula is C11H10ClNO. The van der Waals surface area contributed by atoms with Gasteiger partial charge in [0.25, 0.3) is 0 Å². The molecule has 1 aromatic heterocycles. The van der Waals surface area contributed by atoms with Crippen molar-refractivity contribution >= 4 is 11.6 Å². The van der Waals surface area contributed by atoms with Gasteiger partial charge in [-0.25, -0.2) is 4.98 Å².